The zero-order chi connectivity index (χ0) is 19.6. The van der Waals surface area contributed by atoms with Crippen LogP contribution in [0.25, 0.3) is 5.57 Å². The second kappa shape index (κ2) is 7.82. The molecule has 3 nitrogen and oxygen atoms in total. The monoisotopic (exact) mass is 369 g/mol. The minimum absolute atomic E-state index is 0.00790. The molecule has 0 saturated heterocycles. The number of ketones is 1. The van der Waals surface area contributed by atoms with Gasteiger partial charge in [-0.1, -0.05) is 37.3 Å². The third kappa shape index (κ3) is 4.13. The molecule has 1 atom stereocenters. The summed E-state index contributed by atoms with van der Waals surface area (Å²) in [5.41, 5.74) is 2.22. The maximum absolute atomic E-state index is 13.8. The third-order valence-corrected chi connectivity index (χ3v) is 4.93. The molecule has 0 radical (unpaired) electrons. The van der Waals surface area contributed by atoms with Gasteiger partial charge in [0, 0.05) is 26.1 Å². The van der Waals surface area contributed by atoms with Crippen LogP contribution in [0.1, 0.15) is 41.8 Å². The van der Waals surface area contributed by atoms with Crippen molar-refractivity contribution in [2.75, 3.05) is 6.54 Å². The topological polar surface area (TPSA) is 37.4 Å². The maximum Gasteiger partial charge on any atom is 0.223 e. The zero-order valence-corrected chi connectivity index (χ0v) is 15.3. The summed E-state index contributed by atoms with van der Waals surface area (Å²) in [6.45, 7) is 4.36. The summed E-state index contributed by atoms with van der Waals surface area (Å²) in [7, 11) is 0. The van der Waals surface area contributed by atoms with Crippen molar-refractivity contribution in [1.82, 2.24) is 4.90 Å². The summed E-state index contributed by atoms with van der Waals surface area (Å²) in [6.07, 6.45) is 2.69. The number of rotatable bonds is 4. The van der Waals surface area contributed by atoms with Crippen molar-refractivity contribution in [1.29, 1.82) is 0 Å². The minimum Gasteiger partial charge on any atom is -0.319 e. The Morgan fingerprint density at radius 2 is 1.70 bits per heavy atom. The summed E-state index contributed by atoms with van der Waals surface area (Å²) in [5, 5.41) is 0. The van der Waals surface area contributed by atoms with Crippen molar-refractivity contribution in [3.05, 3.63) is 77.0 Å². The zero-order valence-electron chi connectivity index (χ0n) is 15.3. The molecule has 27 heavy (non-hydrogen) atoms. The first kappa shape index (κ1) is 19.0. The van der Waals surface area contributed by atoms with Crippen LogP contribution in [-0.4, -0.2) is 23.1 Å². The van der Waals surface area contributed by atoms with E-state index in [1.165, 1.54) is 6.07 Å². The molecule has 2 aromatic carbocycles. The summed E-state index contributed by atoms with van der Waals surface area (Å²) in [6, 6.07) is 10.7. The molecule has 1 unspecified atom stereocenters. The lowest BCUT2D eigenvalue weighted by atomic mass is 9.89. The van der Waals surface area contributed by atoms with Crippen molar-refractivity contribution in [2.24, 2.45) is 5.92 Å². The molecule has 1 amide bonds. The van der Waals surface area contributed by atoms with Crippen molar-refractivity contribution in [3.63, 3.8) is 0 Å². The van der Waals surface area contributed by atoms with E-state index in [0.29, 0.717) is 18.0 Å². The van der Waals surface area contributed by atoms with E-state index in [-0.39, 0.29) is 12.3 Å². The lowest BCUT2D eigenvalue weighted by Crippen LogP contribution is -2.29. The Kier molecular flexibility index (Phi) is 5.49. The van der Waals surface area contributed by atoms with Crippen LogP contribution in [0.3, 0.4) is 0 Å². The Balaban J connectivity index is 1.79. The first-order valence-electron chi connectivity index (χ1n) is 8.92. The Bertz CT molecular complexity index is 883. The molecular formula is C22H21F2NO2. The molecule has 0 spiro atoms. The number of carbonyl (C=O) groups excluding carboxylic acids is 2. The second-order valence-electron chi connectivity index (χ2n) is 6.88. The van der Waals surface area contributed by atoms with Gasteiger partial charge in [-0.3, -0.25) is 9.59 Å². The van der Waals surface area contributed by atoms with E-state index in [0.717, 1.165) is 29.7 Å². The molecule has 2 aromatic rings. The molecule has 1 heterocycles. The van der Waals surface area contributed by atoms with Crippen LogP contribution in [0.5, 0.6) is 0 Å². The van der Waals surface area contributed by atoms with E-state index in [2.05, 4.69) is 6.92 Å². The molecule has 0 aromatic heterocycles. The van der Waals surface area contributed by atoms with Crippen LogP contribution in [0.4, 0.5) is 8.78 Å². The van der Waals surface area contributed by atoms with Gasteiger partial charge in [-0.05, 0) is 41.2 Å². The highest BCUT2D eigenvalue weighted by Gasteiger charge is 2.21. The number of carbonyl (C=O) groups is 2. The molecule has 0 fully saturated rings. The van der Waals surface area contributed by atoms with Crippen molar-refractivity contribution >= 4 is 17.3 Å². The van der Waals surface area contributed by atoms with Gasteiger partial charge in [-0.2, -0.15) is 0 Å². The number of allylic oxidation sites excluding steroid dienone is 1. The lowest BCUT2D eigenvalue weighted by molar-refractivity contribution is -0.126. The Morgan fingerprint density at radius 3 is 2.30 bits per heavy atom. The summed E-state index contributed by atoms with van der Waals surface area (Å²) >= 11 is 0. The van der Waals surface area contributed by atoms with E-state index < -0.39 is 23.0 Å². The Labute approximate surface area is 157 Å². The van der Waals surface area contributed by atoms with Gasteiger partial charge in [0.25, 0.3) is 0 Å². The van der Waals surface area contributed by atoms with Gasteiger partial charge < -0.3 is 4.90 Å². The van der Waals surface area contributed by atoms with Gasteiger partial charge in [0.1, 0.15) is 11.6 Å². The first-order valence-corrected chi connectivity index (χ1v) is 8.92. The minimum atomic E-state index is -0.845. The van der Waals surface area contributed by atoms with E-state index in [9.17, 15) is 18.4 Å². The van der Waals surface area contributed by atoms with E-state index in [1.54, 1.807) is 24.0 Å². The van der Waals surface area contributed by atoms with E-state index >= 15 is 0 Å². The molecule has 0 aliphatic carbocycles. The molecule has 1 aliphatic heterocycles. The number of benzene rings is 2. The predicted octanol–water partition coefficient (Wildman–Crippen LogP) is 4.62. The highest BCUT2D eigenvalue weighted by molar-refractivity contribution is 5.98. The van der Waals surface area contributed by atoms with Gasteiger partial charge >= 0.3 is 0 Å². The van der Waals surface area contributed by atoms with Gasteiger partial charge in [0.15, 0.2) is 5.78 Å². The van der Waals surface area contributed by atoms with Crippen molar-refractivity contribution in [3.8, 4) is 0 Å². The first-order chi connectivity index (χ1) is 12.9. The fourth-order valence-electron chi connectivity index (χ4n) is 3.31. The number of hydrogen-bond acceptors (Lipinski definition) is 2. The van der Waals surface area contributed by atoms with Crippen molar-refractivity contribution in [2.45, 2.75) is 26.7 Å². The summed E-state index contributed by atoms with van der Waals surface area (Å²) in [5.74, 6) is -1.95. The SMILES string of the molecule is CC(=O)N1C=C(c2ccc(CC(=O)c3c(F)cccc3F)cc2)C(C)CC1. The molecular weight excluding hydrogens is 348 g/mol. The highest BCUT2D eigenvalue weighted by atomic mass is 19.1. The number of halogens is 2. The third-order valence-electron chi connectivity index (χ3n) is 4.93. The number of nitrogens with zero attached hydrogens (tertiary/aromatic N) is 1. The van der Waals surface area contributed by atoms with Crippen LogP contribution in [0.15, 0.2) is 48.7 Å². The number of Topliss-reactive ketones (excluding diaryl/α,β-unsaturated/α-hetero) is 1. The molecule has 5 heteroatoms. The summed E-state index contributed by atoms with van der Waals surface area (Å²) < 4.78 is 27.5. The fourth-order valence-corrected chi connectivity index (χ4v) is 3.31. The predicted molar refractivity (Wildman–Crippen MR) is 100.0 cm³/mol. The van der Waals surface area contributed by atoms with Gasteiger partial charge in [0.2, 0.25) is 5.91 Å². The average molecular weight is 369 g/mol. The molecule has 3 rings (SSSR count). The quantitative estimate of drug-likeness (QED) is 0.738. The van der Waals surface area contributed by atoms with E-state index in [4.69, 9.17) is 0 Å². The number of hydrogen-bond donors (Lipinski definition) is 0. The molecule has 1 aliphatic rings. The Hall–Kier alpha value is -2.82. The normalized spacial score (nSPS) is 16.8. The van der Waals surface area contributed by atoms with Crippen LogP contribution >= 0.6 is 0 Å². The Morgan fingerprint density at radius 1 is 1.07 bits per heavy atom. The highest BCUT2D eigenvalue weighted by Crippen LogP contribution is 2.30. The van der Waals surface area contributed by atoms with Crippen LogP contribution in [-0.2, 0) is 11.2 Å². The van der Waals surface area contributed by atoms with Crippen molar-refractivity contribution < 1.29 is 18.4 Å². The standard InChI is InChI=1S/C22H21F2NO2/c1-14-10-11-25(15(2)26)13-18(14)17-8-6-16(7-9-17)12-21(27)22-19(23)4-3-5-20(22)24/h3-9,13-14H,10-12H2,1-2H3. The van der Waals surface area contributed by atoms with Crippen LogP contribution in [0.2, 0.25) is 0 Å². The van der Waals surface area contributed by atoms with Gasteiger partial charge in [-0.15, -0.1) is 0 Å². The second-order valence-corrected chi connectivity index (χ2v) is 6.88. The van der Waals surface area contributed by atoms with Crippen LogP contribution in [0, 0.1) is 17.6 Å². The average Bonchev–Trinajstić information content (AvgIpc) is 2.62. The molecule has 140 valence electrons. The molecule has 0 saturated carbocycles. The maximum atomic E-state index is 13.8. The summed E-state index contributed by atoms with van der Waals surface area (Å²) in [4.78, 5) is 25.6. The number of amides is 1. The van der Waals surface area contributed by atoms with Gasteiger partial charge in [0.05, 0.1) is 5.56 Å². The van der Waals surface area contributed by atoms with Gasteiger partial charge in [-0.25, -0.2) is 8.78 Å². The fraction of sp³-hybridized carbons (Fsp3) is 0.273. The lowest BCUT2D eigenvalue weighted by Gasteiger charge is -2.29. The molecule has 0 bridgehead atoms. The largest absolute Gasteiger partial charge is 0.319 e. The molecule has 0 N–H and O–H groups in total. The van der Waals surface area contributed by atoms with E-state index in [1.807, 2.05) is 18.3 Å². The van der Waals surface area contributed by atoms with Crippen LogP contribution < -0.4 is 0 Å². The smallest absolute Gasteiger partial charge is 0.223 e.